The quantitative estimate of drug-likeness (QED) is 0.824. The molecule has 1 aliphatic heterocycles. The first-order valence-electron chi connectivity index (χ1n) is 8.70. The number of sulfonamides is 1. The highest BCUT2D eigenvalue weighted by atomic mass is 32.2. The van der Waals surface area contributed by atoms with Crippen molar-refractivity contribution in [3.05, 3.63) is 65.2 Å². The number of hydrogen-bond donors (Lipinski definition) is 0. The summed E-state index contributed by atoms with van der Waals surface area (Å²) in [5, 5.41) is 0. The highest BCUT2D eigenvalue weighted by Gasteiger charge is 2.25. The van der Waals surface area contributed by atoms with Crippen molar-refractivity contribution in [2.45, 2.75) is 43.9 Å². The summed E-state index contributed by atoms with van der Waals surface area (Å²) in [6.07, 6.45) is 4.96. The average Bonchev–Trinajstić information content (AvgIpc) is 2.62. The second-order valence-electron chi connectivity index (χ2n) is 6.59. The molecule has 0 aliphatic carbocycles. The van der Waals surface area contributed by atoms with Crippen LogP contribution in [0.15, 0.2) is 53.4 Å². The second-order valence-corrected chi connectivity index (χ2v) is 8.53. The molecular weight excluding hydrogens is 318 g/mol. The largest absolute Gasteiger partial charge is 0.243 e. The van der Waals surface area contributed by atoms with Crippen molar-refractivity contribution < 1.29 is 8.42 Å². The van der Waals surface area contributed by atoms with Gasteiger partial charge in [-0.05, 0) is 55.9 Å². The van der Waals surface area contributed by atoms with Crippen LogP contribution in [-0.2, 0) is 22.9 Å². The second kappa shape index (κ2) is 7.49. The van der Waals surface area contributed by atoms with Crippen LogP contribution in [0.5, 0.6) is 0 Å². The monoisotopic (exact) mass is 343 g/mol. The van der Waals surface area contributed by atoms with Crippen LogP contribution in [0.3, 0.4) is 0 Å². The average molecular weight is 343 g/mol. The molecular formula is C20H25NO2S. The van der Waals surface area contributed by atoms with Crippen LogP contribution in [0, 0.1) is 6.92 Å². The summed E-state index contributed by atoms with van der Waals surface area (Å²) in [5.41, 5.74) is 3.75. The lowest BCUT2D eigenvalue weighted by Gasteiger charge is -2.25. The Balaban J connectivity index is 1.65. The lowest BCUT2D eigenvalue weighted by atomic mass is 10.0. The van der Waals surface area contributed by atoms with Crippen LogP contribution < -0.4 is 0 Å². The van der Waals surface area contributed by atoms with E-state index in [-0.39, 0.29) is 0 Å². The Bertz CT molecular complexity index is 758. The maximum Gasteiger partial charge on any atom is 0.243 e. The van der Waals surface area contributed by atoms with Crippen molar-refractivity contribution in [1.29, 1.82) is 0 Å². The number of benzene rings is 2. The minimum Gasteiger partial charge on any atom is -0.207 e. The Labute approximate surface area is 145 Å². The van der Waals surface area contributed by atoms with E-state index < -0.39 is 10.0 Å². The van der Waals surface area contributed by atoms with Gasteiger partial charge in [-0.2, -0.15) is 4.31 Å². The molecule has 3 rings (SSSR count). The first-order chi connectivity index (χ1) is 11.6. The van der Waals surface area contributed by atoms with Gasteiger partial charge in [0.25, 0.3) is 0 Å². The molecule has 0 bridgehead atoms. The first kappa shape index (κ1) is 17.2. The Morgan fingerprint density at radius 2 is 1.29 bits per heavy atom. The van der Waals surface area contributed by atoms with Crippen molar-refractivity contribution in [2.75, 3.05) is 13.1 Å². The van der Waals surface area contributed by atoms with Crippen LogP contribution in [-0.4, -0.2) is 25.8 Å². The van der Waals surface area contributed by atoms with E-state index in [0.29, 0.717) is 18.0 Å². The van der Waals surface area contributed by atoms with E-state index in [1.165, 1.54) is 16.7 Å². The molecule has 0 unspecified atom stereocenters. The third-order valence-corrected chi connectivity index (χ3v) is 6.61. The number of piperidine rings is 1. The summed E-state index contributed by atoms with van der Waals surface area (Å²) in [4.78, 5) is 0.420. The zero-order valence-electron chi connectivity index (χ0n) is 14.2. The zero-order chi connectivity index (χ0) is 17.0. The molecule has 0 N–H and O–H groups in total. The third kappa shape index (κ3) is 4.05. The molecule has 128 valence electrons. The minimum absolute atomic E-state index is 0.420. The van der Waals surface area contributed by atoms with Crippen LogP contribution in [0.4, 0.5) is 0 Å². The Morgan fingerprint density at radius 3 is 1.83 bits per heavy atom. The Morgan fingerprint density at radius 1 is 0.792 bits per heavy atom. The highest BCUT2D eigenvalue weighted by molar-refractivity contribution is 7.89. The first-order valence-corrected chi connectivity index (χ1v) is 10.1. The van der Waals surface area contributed by atoms with Crippen molar-refractivity contribution in [1.82, 2.24) is 4.31 Å². The molecule has 1 saturated heterocycles. The molecule has 4 heteroatoms. The Kier molecular flexibility index (Phi) is 5.36. The van der Waals surface area contributed by atoms with Gasteiger partial charge in [-0.25, -0.2) is 8.42 Å². The fourth-order valence-corrected chi connectivity index (χ4v) is 4.64. The van der Waals surface area contributed by atoms with Crippen molar-refractivity contribution in [3.8, 4) is 0 Å². The van der Waals surface area contributed by atoms with Gasteiger partial charge in [-0.1, -0.05) is 48.4 Å². The van der Waals surface area contributed by atoms with Gasteiger partial charge in [-0.3, -0.25) is 0 Å². The SMILES string of the molecule is Cc1ccc(CCc2ccc(S(=O)(=O)N3CCCCC3)cc2)cc1. The zero-order valence-corrected chi connectivity index (χ0v) is 15.1. The maximum absolute atomic E-state index is 12.6. The normalized spacial score (nSPS) is 16.2. The number of nitrogens with zero attached hydrogens (tertiary/aromatic N) is 1. The van der Waals surface area contributed by atoms with Gasteiger partial charge in [0.2, 0.25) is 10.0 Å². The van der Waals surface area contributed by atoms with E-state index in [0.717, 1.165) is 32.1 Å². The molecule has 0 atom stereocenters. The fourth-order valence-electron chi connectivity index (χ4n) is 3.13. The lowest BCUT2D eigenvalue weighted by Crippen LogP contribution is -2.35. The van der Waals surface area contributed by atoms with E-state index in [2.05, 4.69) is 31.2 Å². The molecule has 0 saturated carbocycles. The van der Waals surface area contributed by atoms with E-state index >= 15 is 0 Å². The number of hydrogen-bond acceptors (Lipinski definition) is 2. The summed E-state index contributed by atoms with van der Waals surface area (Å²) in [5.74, 6) is 0. The van der Waals surface area contributed by atoms with Gasteiger partial charge in [0, 0.05) is 13.1 Å². The van der Waals surface area contributed by atoms with Crippen molar-refractivity contribution in [3.63, 3.8) is 0 Å². The van der Waals surface area contributed by atoms with Gasteiger partial charge in [0.15, 0.2) is 0 Å². The summed E-state index contributed by atoms with van der Waals surface area (Å²) in [7, 11) is -3.32. The predicted molar refractivity (Wildman–Crippen MR) is 97.6 cm³/mol. The molecule has 1 fully saturated rings. The van der Waals surface area contributed by atoms with Crippen LogP contribution in [0.1, 0.15) is 36.0 Å². The molecule has 24 heavy (non-hydrogen) atoms. The topological polar surface area (TPSA) is 37.4 Å². The Hall–Kier alpha value is -1.65. The van der Waals surface area contributed by atoms with Gasteiger partial charge < -0.3 is 0 Å². The molecule has 0 radical (unpaired) electrons. The van der Waals surface area contributed by atoms with Gasteiger partial charge in [0.1, 0.15) is 0 Å². The van der Waals surface area contributed by atoms with Gasteiger partial charge in [-0.15, -0.1) is 0 Å². The van der Waals surface area contributed by atoms with Crippen LogP contribution in [0.25, 0.3) is 0 Å². The molecule has 1 heterocycles. The van der Waals surface area contributed by atoms with Gasteiger partial charge in [0.05, 0.1) is 4.90 Å². The fraction of sp³-hybridized carbons (Fsp3) is 0.400. The maximum atomic E-state index is 12.6. The van der Waals surface area contributed by atoms with E-state index in [9.17, 15) is 8.42 Å². The van der Waals surface area contributed by atoms with E-state index in [1.807, 2.05) is 12.1 Å². The molecule has 2 aromatic rings. The van der Waals surface area contributed by atoms with E-state index in [4.69, 9.17) is 0 Å². The molecule has 1 aliphatic rings. The molecule has 0 amide bonds. The van der Waals surface area contributed by atoms with Crippen LogP contribution >= 0.6 is 0 Å². The standard InChI is InChI=1S/C20H25NO2S/c1-17-5-7-18(8-6-17)9-10-19-11-13-20(14-12-19)24(22,23)21-15-3-2-4-16-21/h5-8,11-14H,2-4,9-10,15-16H2,1H3. The molecule has 0 spiro atoms. The van der Waals surface area contributed by atoms with Crippen molar-refractivity contribution in [2.24, 2.45) is 0 Å². The molecule has 2 aromatic carbocycles. The van der Waals surface area contributed by atoms with E-state index in [1.54, 1.807) is 16.4 Å². The summed E-state index contributed by atoms with van der Waals surface area (Å²) < 4.78 is 26.9. The predicted octanol–water partition coefficient (Wildman–Crippen LogP) is 3.95. The molecule has 3 nitrogen and oxygen atoms in total. The summed E-state index contributed by atoms with van der Waals surface area (Å²) >= 11 is 0. The summed E-state index contributed by atoms with van der Waals surface area (Å²) in [6, 6.07) is 16.0. The van der Waals surface area contributed by atoms with Crippen molar-refractivity contribution >= 4 is 10.0 Å². The lowest BCUT2D eigenvalue weighted by molar-refractivity contribution is 0.346. The minimum atomic E-state index is -3.32. The van der Waals surface area contributed by atoms with Gasteiger partial charge >= 0.3 is 0 Å². The van der Waals surface area contributed by atoms with Crippen LogP contribution in [0.2, 0.25) is 0 Å². The molecule has 0 aromatic heterocycles. The number of aryl methyl sites for hydroxylation is 3. The third-order valence-electron chi connectivity index (χ3n) is 4.70. The number of rotatable bonds is 5. The smallest absolute Gasteiger partial charge is 0.207 e. The highest BCUT2D eigenvalue weighted by Crippen LogP contribution is 2.21. The summed E-state index contributed by atoms with van der Waals surface area (Å²) in [6.45, 7) is 3.39.